The second-order valence-corrected chi connectivity index (χ2v) is 10.1. The van der Waals surface area contributed by atoms with Gasteiger partial charge in [0.25, 0.3) is 0 Å². The molecule has 0 amide bonds. The number of sulfonamides is 1. The molecule has 9 nitrogen and oxygen atoms in total. The standard InChI is InChI=1S/C19H32N6O3S/c1-24-8-10-25(11-9-24)19-21-17-5-3-2-4-16(17)18(22-19)20-7-13-29(26,27)23-15-6-12-28-14-15/h15,23H,2-14H2,1H3,(H,20,21,22). The Morgan fingerprint density at radius 3 is 2.69 bits per heavy atom. The molecule has 162 valence electrons. The average Bonchev–Trinajstić information content (AvgIpc) is 3.20. The molecule has 1 aromatic heterocycles. The van der Waals surface area contributed by atoms with Gasteiger partial charge in [-0.05, 0) is 39.2 Å². The van der Waals surface area contributed by atoms with Gasteiger partial charge >= 0.3 is 0 Å². The minimum atomic E-state index is -3.34. The van der Waals surface area contributed by atoms with Gasteiger partial charge in [-0.3, -0.25) is 0 Å². The number of nitrogens with one attached hydrogen (secondary N) is 2. The van der Waals surface area contributed by atoms with Crippen molar-refractivity contribution < 1.29 is 13.2 Å². The van der Waals surface area contributed by atoms with Gasteiger partial charge in [0, 0.05) is 50.9 Å². The van der Waals surface area contributed by atoms with E-state index in [9.17, 15) is 8.42 Å². The van der Waals surface area contributed by atoms with E-state index >= 15 is 0 Å². The van der Waals surface area contributed by atoms with E-state index in [0.29, 0.717) is 19.8 Å². The molecule has 1 atom stereocenters. The van der Waals surface area contributed by atoms with Crippen molar-refractivity contribution in [2.45, 2.75) is 38.1 Å². The molecule has 1 aromatic rings. The number of anilines is 2. The number of rotatable bonds is 7. The van der Waals surface area contributed by atoms with Gasteiger partial charge in [-0.15, -0.1) is 0 Å². The molecule has 29 heavy (non-hydrogen) atoms. The molecule has 4 rings (SSSR count). The first-order chi connectivity index (χ1) is 14.0. The van der Waals surface area contributed by atoms with Crippen molar-refractivity contribution in [1.29, 1.82) is 0 Å². The van der Waals surface area contributed by atoms with Gasteiger partial charge < -0.3 is 19.9 Å². The van der Waals surface area contributed by atoms with E-state index in [2.05, 4.69) is 26.9 Å². The molecule has 3 heterocycles. The normalized spacial score (nSPS) is 23.2. The van der Waals surface area contributed by atoms with Crippen LogP contribution in [0.3, 0.4) is 0 Å². The summed E-state index contributed by atoms with van der Waals surface area (Å²) >= 11 is 0. The van der Waals surface area contributed by atoms with Crippen LogP contribution in [0.15, 0.2) is 0 Å². The van der Waals surface area contributed by atoms with Gasteiger partial charge in [-0.25, -0.2) is 18.1 Å². The summed E-state index contributed by atoms with van der Waals surface area (Å²) in [7, 11) is -1.22. The summed E-state index contributed by atoms with van der Waals surface area (Å²) in [6.07, 6.45) is 4.92. The summed E-state index contributed by atoms with van der Waals surface area (Å²) in [4.78, 5) is 14.2. The van der Waals surface area contributed by atoms with E-state index in [1.165, 1.54) is 0 Å². The first kappa shape index (κ1) is 20.8. The van der Waals surface area contributed by atoms with Crippen molar-refractivity contribution in [3.8, 4) is 0 Å². The zero-order valence-corrected chi connectivity index (χ0v) is 18.0. The number of aryl methyl sites for hydroxylation is 1. The average molecular weight is 425 g/mol. The van der Waals surface area contributed by atoms with Crippen LogP contribution in [-0.4, -0.2) is 88.1 Å². The van der Waals surface area contributed by atoms with Crippen molar-refractivity contribution in [2.24, 2.45) is 0 Å². The largest absolute Gasteiger partial charge is 0.380 e. The number of nitrogens with zero attached hydrogens (tertiary/aromatic N) is 4. The maximum absolute atomic E-state index is 12.4. The fraction of sp³-hybridized carbons (Fsp3) is 0.789. The topological polar surface area (TPSA) is 99.7 Å². The predicted octanol–water partition coefficient (Wildman–Crippen LogP) is 0.227. The van der Waals surface area contributed by atoms with Crippen molar-refractivity contribution in [3.63, 3.8) is 0 Å². The van der Waals surface area contributed by atoms with Gasteiger partial charge in [-0.2, -0.15) is 4.98 Å². The van der Waals surface area contributed by atoms with Crippen LogP contribution in [0.1, 0.15) is 30.5 Å². The number of fused-ring (bicyclic) bond motifs is 1. The molecular formula is C19H32N6O3S. The van der Waals surface area contributed by atoms with Gasteiger partial charge in [0.2, 0.25) is 16.0 Å². The summed E-state index contributed by atoms with van der Waals surface area (Å²) in [6.45, 7) is 5.23. The van der Waals surface area contributed by atoms with Crippen LogP contribution in [0.25, 0.3) is 0 Å². The van der Waals surface area contributed by atoms with Crippen LogP contribution < -0.4 is 14.9 Å². The second kappa shape index (κ2) is 9.11. The SMILES string of the molecule is CN1CCN(c2nc3c(c(NCCS(=O)(=O)NC4CCOC4)n2)CCCC3)CC1. The Morgan fingerprint density at radius 1 is 1.14 bits per heavy atom. The molecule has 2 N–H and O–H groups in total. The number of hydrogen-bond acceptors (Lipinski definition) is 8. The molecule has 1 unspecified atom stereocenters. The lowest BCUT2D eigenvalue weighted by molar-refractivity contribution is 0.192. The smallest absolute Gasteiger partial charge is 0.227 e. The van der Waals surface area contributed by atoms with E-state index < -0.39 is 10.0 Å². The molecule has 3 aliphatic rings. The number of aromatic nitrogens is 2. The number of ether oxygens (including phenoxy) is 1. The maximum Gasteiger partial charge on any atom is 0.227 e. The van der Waals surface area contributed by atoms with Crippen molar-refractivity contribution >= 4 is 21.8 Å². The molecule has 0 spiro atoms. The first-order valence-corrected chi connectivity index (χ1v) is 12.3. The van der Waals surface area contributed by atoms with E-state index in [4.69, 9.17) is 14.7 Å². The van der Waals surface area contributed by atoms with E-state index in [0.717, 1.165) is 81.3 Å². The summed E-state index contributed by atoms with van der Waals surface area (Å²) < 4.78 is 32.7. The Hall–Kier alpha value is -1.49. The number of piperazine rings is 1. The fourth-order valence-corrected chi connectivity index (χ4v) is 5.30. The summed E-state index contributed by atoms with van der Waals surface area (Å²) in [5, 5.41) is 3.30. The maximum atomic E-state index is 12.4. The zero-order chi connectivity index (χ0) is 20.3. The van der Waals surface area contributed by atoms with Crippen LogP contribution in [0.2, 0.25) is 0 Å². The van der Waals surface area contributed by atoms with Gasteiger partial charge in [0.05, 0.1) is 18.1 Å². The lowest BCUT2D eigenvalue weighted by Crippen LogP contribution is -2.45. The Balaban J connectivity index is 1.43. The monoisotopic (exact) mass is 424 g/mol. The van der Waals surface area contributed by atoms with Gasteiger partial charge in [0.15, 0.2) is 0 Å². The predicted molar refractivity (Wildman–Crippen MR) is 113 cm³/mol. The molecule has 10 heteroatoms. The lowest BCUT2D eigenvalue weighted by atomic mass is 9.96. The minimum absolute atomic E-state index is 0.0200. The van der Waals surface area contributed by atoms with E-state index in [1.807, 2.05) is 0 Å². The molecule has 2 aliphatic heterocycles. The molecule has 1 aliphatic carbocycles. The van der Waals surface area contributed by atoms with E-state index in [1.54, 1.807) is 0 Å². The molecular weight excluding hydrogens is 392 g/mol. The third-order valence-corrected chi connectivity index (χ3v) is 7.33. The Labute approximate surface area is 173 Å². The Morgan fingerprint density at radius 2 is 1.93 bits per heavy atom. The Kier molecular flexibility index (Phi) is 6.53. The highest BCUT2D eigenvalue weighted by Crippen LogP contribution is 2.28. The molecule has 0 saturated carbocycles. The van der Waals surface area contributed by atoms with Crippen LogP contribution in [-0.2, 0) is 27.6 Å². The zero-order valence-electron chi connectivity index (χ0n) is 17.2. The highest BCUT2D eigenvalue weighted by Gasteiger charge is 2.24. The first-order valence-electron chi connectivity index (χ1n) is 10.6. The highest BCUT2D eigenvalue weighted by atomic mass is 32.2. The third kappa shape index (κ3) is 5.36. The van der Waals surface area contributed by atoms with Gasteiger partial charge in [0.1, 0.15) is 5.82 Å². The number of hydrogen-bond donors (Lipinski definition) is 2. The number of likely N-dealkylation sites (N-methyl/N-ethyl adjacent to an activating group) is 1. The second-order valence-electron chi connectivity index (χ2n) is 8.22. The quantitative estimate of drug-likeness (QED) is 0.642. The third-order valence-electron chi connectivity index (χ3n) is 5.90. The molecule has 0 radical (unpaired) electrons. The fourth-order valence-electron chi connectivity index (χ4n) is 4.12. The summed E-state index contributed by atoms with van der Waals surface area (Å²) in [6, 6.07) is -0.101. The molecule has 2 saturated heterocycles. The lowest BCUT2D eigenvalue weighted by Gasteiger charge is -2.33. The van der Waals surface area contributed by atoms with Crippen LogP contribution in [0.5, 0.6) is 0 Å². The van der Waals surface area contributed by atoms with E-state index in [-0.39, 0.29) is 11.8 Å². The summed E-state index contributed by atoms with van der Waals surface area (Å²) in [5.74, 6) is 1.60. The highest BCUT2D eigenvalue weighted by molar-refractivity contribution is 7.89. The Bertz CT molecular complexity index is 804. The minimum Gasteiger partial charge on any atom is -0.380 e. The molecule has 0 aromatic carbocycles. The van der Waals surface area contributed by atoms with Crippen LogP contribution in [0.4, 0.5) is 11.8 Å². The van der Waals surface area contributed by atoms with Crippen LogP contribution in [0, 0.1) is 0 Å². The van der Waals surface area contributed by atoms with Crippen molar-refractivity contribution in [1.82, 2.24) is 19.6 Å². The van der Waals surface area contributed by atoms with Crippen molar-refractivity contribution in [2.75, 3.05) is 69.0 Å². The summed E-state index contributed by atoms with van der Waals surface area (Å²) in [5.41, 5.74) is 2.27. The van der Waals surface area contributed by atoms with Gasteiger partial charge in [-0.1, -0.05) is 0 Å². The van der Waals surface area contributed by atoms with Crippen molar-refractivity contribution in [3.05, 3.63) is 11.3 Å². The molecule has 2 fully saturated rings. The molecule has 0 bridgehead atoms. The van der Waals surface area contributed by atoms with Crippen LogP contribution >= 0.6 is 0 Å².